The zero-order valence-corrected chi connectivity index (χ0v) is 21.1. The first-order valence-electron chi connectivity index (χ1n) is 11.3. The second-order valence-electron chi connectivity index (χ2n) is 10.1. The second-order valence-corrected chi connectivity index (χ2v) is 15.8. The number of nitrogens with zero attached hydrogens (tertiary/aromatic N) is 5. The molecule has 0 bridgehead atoms. The smallest absolute Gasteiger partial charge is 0.287 e. The third kappa shape index (κ3) is 5.14. The van der Waals surface area contributed by atoms with Gasteiger partial charge in [-0.2, -0.15) is 13.9 Å². The first-order valence-corrected chi connectivity index (χ1v) is 15.0. The summed E-state index contributed by atoms with van der Waals surface area (Å²) in [5.41, 5.74) is 2.42. The minimum atomic E-state index is -3.03. The van der Waals surface area contributed by atoms with Gasteiger partial charge < -0.3 is 4.74 Å². The van der Waals surface area contributed by atoms with Gasteiger partial charge in [-0.25, -0.2) is 14.6 Å². The Kier molecular flexibility index (Phi) is 6.13. The molecule has 3 heterocycles. The third-order valence-corrected chi connectivity index (χ3v) is 7.21. The Balaban J connectivity index is 1.70. The van der Waals surface area contributed by atoms with Crippen molar-refractivity contribution in [2.24, 2.45) is 0 Å². The van der Waals surface area contributed by atoms with E-state index in [1.165, 1.54) is 6.07 Å². The van der Waals surface area contributed by atoms with E-state index >= 15 is 0 Å². The van der Waals surface area contributed by atoms with E-state index in [9.17, 15) is 8.78 Å². The molecule has 6 nitrogen and oxygen atoms in total. The van der Waals surface area contributed by atoms with Gasteiger partial charge in [0.25, 0.3) is 5.92 Å². The van der Waals surface area contributed by atoms with Crippen molar-refractivity contribution in [1.82, 2.24) is 24.3 Å². The molecule has 0 unspecified atom stereocenters. The predicted molar refractivity (Wildman–Crippen MR) is 130 cm³/mol. The number of ether oxygens (including phenoxy) is 1. The second kappa shape index (κ2) is 8.61. The van der Waals surface area contributed by atoms with Crippen molar-refractivity contribution >= 4 is 30.1 Å². The summed E-state index contributed by atoms with van der Waals surface area (Å²) in [7, 11) is -1.14. The van der Waals surface area contributed by atoms with Gasteiger partial charge in [0, 0.05) is 44.8 Å². The molecule has 0 aliphatic rings. The standard InChI is InChI=1S/C24H31F2N5OSi/c1-16(2)22-27-20-9-10-21(24(3,25)26)28-23(20)31(22)18-7-8-19-17(13-18)14-30(29-19)15-32-11-12-33(4,5)6/h7-10,13-14,16H,11-12,15H2,1-6H3. The van der Waals surface area contributed by atoms with E-state index in [1.807, 2.05) is 42.8 Å². The van der Waals surface area contributed by atoms with Crippen LogP contribution < -0.4 is 0 Å². The van der Waals surface area contributed by atoms with Crippen LogP contribution in [0.1, 0.15) is 38.2 Å². The maximum Gasteiger partial charge on any atom is 0.287 e. The molecule has 0 amide bonds. The number of imidazole rings is 1. The van der Waals surface area contributed by atoms with Gasteiger partial charge in [-0.05, 0) is 36.4 Å². The number of rotatable bonds is 8. The first-order chi connectivity index (χ1) is 15.4. The van der Waals surface area contributed by atoms with Crippen LogP contribution in [0.3, 0.4) is 0 Å². The summed E-state index contributed by atoms with van der Waals surface area (Å²) in [5, 5.41) is 5.54. The fraction of sp³-hybridized carbons (Fsp3) is 0.458. The molecular weight excluding hydrogens is 440 g/mol. The van der Waals surface area contributed by atoms with E-state index in [1.54, 1.807) is 10.7 Å². The van der Waals surface area contributed by atoms with Gasteiger partial charge in [0.1, 0.15) is 23.8 Å². The third-order valence-electron chi connectivity index (χ3n) is 5.51. The predicted octanol–water partition coefficient (Wildman–Crippen LogP) is 6.32. The number of pyridine rings is 1. The van der Waals surface area contributed by atoms with E-state index in [4.69, 9.17) is 4.74 Å². The SMILES string of the molecule is CC(C)c1nc2ccc(C(C)(F)F)nc2n1-c1ccc2nn(COCC[Si](C)(C)C)cc2c1. The maximum absolute atomic E-state index is 14.0. The summed E-state index contributed by atoms with van der Waals surface area (Å²) in [6.45, 7) is 13.0. The Morgan fingerprint density at radius 2 is 1.79 bits per heavy atom. The van der Waals surface area contributed by atoms with E-state index in [-0.39, 0.29) is 11.6 Å². The van der Waals surface area contributed by atoms with E-state index in [0.29, 0.717) is 17.9 Å². The van der Waals surface area contributed by atoms with Crippen LogP contribution >= 0.6 is 0 Å². The summed E-state index contributed by atoms with van der Waals surface area (Å²) in [4.78, 5) is 8.98. The molecule has 33 heavy (non-hydrogen) atoms. The van der Waals surface area contributed by atoms with Crippen molar-refractivity contribution in [2.45, 2.75) is 65.0 Å². The highest BCUT2D eigenvalue weighted by Gasteiger charge is 2.28. The van der Waals surface area contributed by atoms with Gasteiger partial charge in [0.15, 0.2) is 5.65 Å². The molecule has 0 saturated heterocycles. The number of fused-ring (bicyclic) bond motifs is 2. The molecule has 0 atom stereocenters. The number of benzene rings is 1. The van der Waals surface area contributed by atoms with Crippen LogP contribution in [0, 0.1) is 0 Å². The van der Waals surface area contributed by atoms with Crippen molar-refractivity contribution in [3.63, 3.8) is 0 Å². The summed E-state index contributed by atoms with van der Waals surface area (Å²) in [5.74, 6) is -2.17. The highest BCUT2D eigenvalue weighted by atomic mass is 28.3. The molecule has 0 aliphatic heterocycles. The molecule has 0 saturated carbocycles. The summed E-state index contributed by atoms with van der Waals surface area (Å²) >= 11 is 0. The number of alkyl halides is 2. The number of hydrogen-bond donors (Lipinski definition) is 0. The van der Waals surface area contributed by atoms with Crippen LogP contribution in [0.25, 0.3) is 27.8 Å². The first kappa shape index (κ1) is 23.5. The quantitative estimate of drug-likeness (QED) is 0.223. The molecule has 176 valence electrons. The summed E-state index contributed by atoms with van der Waals surface area (Å²) in [6, 6.07) is 9.92. The van der Waals surface area contributed by atoms with Crippen molar-refractivity contribution in [3.05, 3.63) is 48.0 Å². The minimum absolute atomic E-state index is 0.0861. The van der Waals surface area contributed by atoms with E-state index < -0.39 is 14.0 Å². The molecule has 0 fully saturated rings. The topological polar surface area (TPSA) is 57.8 Å². The lowest BCUT2D eigenvalue weighted by Crippen LogP contribution is -2.22. The fourth-order valence-corrected chi connectivity index (χ4v) is 4.42. The van der Waals surface area contributed by atoms with Gasteiger partial charge in [-0.3, -0.25) is 4.57 Å². The average molecular weight is 472 g/mol. The molecular formula is C24H31F2N5OSi. The van der Waals surface area contributed by atoms with Crippen LogP contribution in [0.15, 0.2) is 36.5 Å². The Morgan fingerprint density at radius 3 is 2.45 bits per heavy atom. The van der Waals surface area contributed by atoms with Crippen LogP contribution in [0.2, 0.25) is 25.7 Å². The van der Waals surface area contributed by atoms with Crippen LogP contribution in [0.4, 0.5) is 8.78 Å². The fourth-order valence-electron chi connectivity index (χ4n) is 3.67. The molecule has 0 radical (unpaired) electrons. The average Bonchev–Trinajstić information content (AvgIpc) is 3.29. The van der Waals surface area contributed by atoms with Gasteiger partial charge in [-0.15, -0.1) is 0 Å². The molecule has 9 heteroatoms. The van der Waals surface area contributed by atoms with E-state index in [2.05, 4.69) is 34.7 Å². The molecule has 0 spiro atoms. The van der Waals surface area contributed by atoms with Gasteiger partial charge in [0.2, 0.25) is 0 Å². The summed E-state index contributed by atoms with van der Waals surface area (Å²) in [6.07, 6.45) is 1.95. The van der Waals surface area contributed by atoms with E-state index in [0.717, 1.165) is 42.0 Å². The van der Waals surface area contributed by atoms with Crippen molar-refractivity contribution in [1.29, 1.82) is 0 Å². The van der Waals surface area contributed by atoms with Gasteiger partial charge in [-0.1, -0.05) is 33.5 Å². The lowest BCUT2D eigenvalue weighted by Gasteiger charge is -2.15. The maximum atomic E-state index is 14.0. The van der Waals surface area contributed by atoms with Crippen molar-refractivity contribution in [3.8, 4) is 5.69 Å². The highest BCUT2D eigenvalue weighted by Crippen LogP contribution is 2.31. The molecule has 1 aromatic carbocycles. The number of aromatic nitrogens is 5. The monoisotopic (exact) mass is 471 g/mol. The molecule has 0 N–H and O–H groups in total. The highest BCUT2D eigenvalue weighted by molar-refractivity contribution is 6.76. The lowest BCUT2D eigenvalue weighted by molar-refractivity contribution is 0.0130. The van der Waals surface area contributed by atoms with Crippen LogP contribution in [0.5, 0.6) is 0 Å². The zero-order chi connectivity index (χ0) is 24.0. The Morgan fingerprint density at radius 1 is 1.06 bits per heavy atom. The number of halogens is 2. The van der Waals surface area contributed by atoms with Crippen LogP contribution in [-0.4, -0.2) is 39.0 Å². The molecule has 4 aromatic rings. The minimum Gasteiger partial charge on any atom is -0.360 e. The Bertz CT molecular complexity index is 1280. The number of hydrogen-bond acceptors (Lipinski definition) is 4. The zero-order valence-electron chi connectivity index (χ0n) is 20.1. The van der Waals surface area contributed by atoms with Crippen molar-refractivity contribution < 1.29 is 13.5 Å². The Labute approximate surface area is 193 Å². The normalized spacial score (nSPS) is 13.0. The Hall–Kier alpha value is -2.65. The van der Waals surface area contributed by atoms with Crippen LogP contribution in [-0.2, 0) is 17.4 Å². The van der Waals surface area contributed by atoms with Gasteiger partial charge >= 0.3 is 0 Å². The molecule has 4 rings (SSSR count). The largest absolute Gasteiger partial charge is 0.360 e. The lowest BCUT2D eigenvalue weighted by atomic mass is 10.2. The van der Waals surface area contributed by atoms with Crippen molar-refractivity contribution in [2.75, 3.05) is 6.61 Å². The molecule has 3 aromatic heterocycles. The van der Waals surface area contributed by atoms with Gasteiger partial charge in [0.05, 0.1) is 5.52 Å². The summed E-state index contributed by atoms with van der Waals surface area (Å²) < 4.78 is 37.4. The molecule has 0 aliphatic carbocycles.